The highest BCUT2D eigenvalue weighted by Crippen LogP contribution is 2.50. The van der Waals surface area contributed by atoms with E-state index < -0.39 is 0 Å². The van der Waals surface area contributed by atoms with Crippen LogP contribution in [0.5, 0.6) is 0 Å². The standard InChI is InChI=1S/C50H30O2/c1-3-15-31(16-4-1)33-24-13-25-34(32-17-5-2-6-18-32)48(33)49-38-22-9-7-20-36(38)47(37-21-8-10-23-39(37)49)41-27-14-26-40-43-30-45-42(29-46(43)52-50(40)41)35-19-11-12-28-44(35)51-45/h1-30H. The molecule has 0 aliphatic rings. The van der Waals surface area contributed by atoms with Gasteiger partial charge in [0.05, 0.1) is 0 Å². The van der Waals surface area contributed by atoms with Gasteiger partial charge in [-0.2, -0.15) is 0 Å². The van der Waals surface area contributed by atoms with Crippen LogP contribution in [0.4, 0.5) is 0 Å². The first-order chi connectivity index (χ1) is 25.8. The van der Waals surface area contributed by atoms with Gasteiger partial charge in [-0.05, 0) is 73.1 Å². The Hall–Kier alpha value is -6.90. The SMILES string of the molecule is c1ccc(-c2cccc(-c3ccccc3)c2-c2c3ccccc3c(-c3cccc4c3oc3cc5c(cc34)oc3ccccc35)c3ccccc23)cc1. The summed E-state index contributed by atoms with van der Waals surface area (Å²) in [6.07, 6.45) is 0. The predicted molar refractivity (Wildman–Crippen MR) is 218 cm³/mol. The number of furan rings is 2. The summed E-state index contributed by atoms with van der Waals surface area (Å²) in [4.78, 5) is 0. The molecule has 2 nitrogen and oxygen atoms in total. The van der Waals surface area contributed by atoms with Crippen LogP contribution in [0.1, 0.15) is 0 Å². The first-order valence-electron chi connectivity index (χ1n) is 17.8. The number of rotatable bonds is 4. The molecule has 0 spiro atoms. The van der Waals surface area contributed by atoms with Crippen molar-refractivity contribution in [1.82, 2.24) is 0 Å². The van der Waals surface area contributed by atoms with Gasteiger partial charge in [-0.3, -0.25) is 0 Å². The molecule has 0 amide bonds. The first-order valence-corrected chi connectivity index (χ1v) is 17.8. The van der Waals surface area contributed by atoms with E-state index >= 15 is 0 Å². The van der Waals surface area contributed by atoms with Gasteiger partial charge in [0.15, 0.2) is 0 Å². The van der Waals surface area contributed by atoms with Crippen molar-refractivity contribution >= 4 is 65.4 Å². The highest BCUT2D eigenvalue weighted by atomic mass is 16.3. The summed E-state index contributed by atoms with van der Waals surface area (Å²) >= 11 is 0. The molecule has 0 saturated heterocycles. The Labute approximate surface area is 299 Å². The smallest absolute Gasteiger partial charge is 0.143 e. The normalized spacial score (nSPS) is 11.8. The Morgan fingerprint density at radius 3 is 1.31 bits per heavy atom. The van der Waals surface area contributed by atoms with Gasteiger partial charge in [0, 0.05) is 32.7 Å². The third-order valence-electron chi connectivity index (χ3n) is 10.7. The van der Waals surface area contributed by atoms with Crippen molar-refractivity contribution in [3.8, 4) is 44.5 Å². The van der Waals surface area contributed by atoms with E-state index in [2.05, 4.69) is 170 Å². The van der Waals surface area contributed by atoms with E-state index in [0.717, 1.165) is 49.4 Å². The lowest BCUT2D eigenvalue weighted by Crippen LogP contribution is -1.95. The third kappa shape index (κ3) is 4.25. The molecule has 0 bridgehead atoms. The second kappa shape index (κ2) is 11.3. The number of hydrogen-bond acceptors (Lipinski definition) is 2. The zero-order chi connectivity index (χ0) is 34.2. The first kappa shape index (κ1) is 28.9. The van der Waals surface area contributed by atoms with Gasteiger partial charge >= 0.3 is 0 Å². The minimum Gasteiger partial charge on any atom is -0.456 e. The van der Waals surface area contributed by atoms with Crippen LogP contribution in [0, 0.1) is 0 Å². The number of fused-ring (bicyclic) bond motifs is 8. The zero-order valence-electron chi connectivity index (χ0n) is 28.1. The molecule has 11 aromatic rings. The molecule has 0 saturated carbocycles. The van der Waals surface area contributed by atoms with Gasteiger partial charge in [-0.1, -0.05) is 164 Å². The molecule has 0 radical (unpaired) electrons. The summed E-state index contributed by atoms with van der Waals surface area (Å²) in [7, 11) is 0. The van der Waals surface area contributed by atoms with Crippen LogP contribution in [-0.4, -0.2) is 0 Å². The van der Waals surface area contributed by atoms with Gasteiger partial charge < -0.3 is 8.83 Å². The Bertz CT molecular complexity index is 3050. The van der Waals surface area contributed by atoms with E-state index in [1.165, 1.54) is 60.5 Å². The van der Waals surface area contributed by atoms with Crippen LogP contribution < -0.4 is 0 Å². The lowest BCUT2D eigenvalue weighted by molar-refractivity contribution is 0.664. The summed E-state index contributed by atoms with van der Waals surface area (Å²) in [5.74, 6) is 0. The van der Waals surface area contributed by atoms with Crippen LogP contribution in [-0.2, 0) is 0 Å². The molecule has 2 aromatic heterocycles. The summed E-state index contributed by atoms with van der Waals surface area (Å²) < 4.78 is 13.2. The van der Waals surface area contributed by atoms with Crippen molar-refractivity contribution < 1.29 is 8.83 Å². The second-order valence-corrected chi connectivity index (χ2v) is 13.5. The van der Waals surface area contributed by atoms with E-state index in [0.29, 0.717) is 0 Å². The van der Waals surface area contributed by atoms with E-state index in [1.807, 2.05) is 12.1 Å². The number of para-hydroxylation sites is 2. The number of hydrogen-bond donors (Lipinski definition) is 0. The molecule has 0 fully saturated rings. The van der Waals surface area contributed by atoms with Crippen molar-refractivity contribution in [2.24, 2.45) is 0 Å². The minimum atomic E-state index is 0.857. The molecule has 52 heavy (non-hydrogen) atoms. The summed E-state index contributed by atoms with van der Waals surface area (Å²) in [6, 6.07) is 65.1. The lowest BCUT2D eigenvalue weighted by atomic mass is 9.81. The van der Waals surface area contributed by atoms with Crippen molar-refractivity contribution in [1.29, 1.82) is 0 Å². The second-order valence-electron chi connectivity index (χ2n) is 13.5. The lowest BCUT2D eigenvalue weighted by Gasteiger charge is -2.22. The Morgan fingerprint density at radius 2 is 0.692 bits per heavy atom. The molecule has 2 heterocycles. The van der Waals surface area contributed by atoms with Crippen LogP contribution in [0.25, 0.3) is 110 Å². The maximum Gasteiger partial charge on any atom is 0.143 e. The molecule has 0 unspecified atom stereocenters. The largest absolute Gasteiger partial charge is 0.456 e. The molecular formula is C50H30O2. The van der Waals surface area contributed by atoms with Crippen molar-refractivity contribution in [2.75, 3.05) is 0 Å². The van der Waals surface area contributed by atoms with Crippen LogP contribution in [0.15, 0.2) is 191 Å². The molecule has 11 rings (SSSR count). The molecule has 0 atom stereocenters. The average Bonchev–Trinajstić information content (AvgIpc) is 3.77. The van der Waals surface area contributed by atoms with Crippen LogP contribution in [0.2, 0.25) is 0 Å². The van der Waals surface area contributed by atoms with Crippen LogP contribution in [0.3, 0.4) is 0 Å². The molecule has 0 aliphatic heterocycles. The molecule has 0 N–H and O–H groups in total. The average molecular weight is 663 g/mol. The van der Waals surface area contributed by atoms with Gasteiger partial charge in [0.2, 0.25) is 0 Å². The molecule has 2 heteroatoms. The topological polar surface area (TPSA) is 26.3 Å². The summed E-state index contributed by atoms with van der Waals surface area (Å²) in [5.41, 5.74) is 13.0. The maximum atomic E-state index is 6.89. The zero-order valence-corrected chi connectivity index (χ0v) is 28.1. The summed E-state index contributed by atoms with van der Waals surface area (Å²) in [6.45, 7) is 0. The Balaban J connectivity index is 1.25. The van der Waals surface area contributed by atoms with Crippen LogP contribution >= 0.6 is 0 Å². The summed E-state index contributed by atoms with van der Waals surface area (Å²) in [5, 5.41) is 9.07. The highest BCUT2D eigenvalue weighted by molar-refractivity contribution is 6.26. The van der Waals surface area contributed by atoms with E-state index in [9.17, 15) is 0 Å². The fourth-order valence-corrected chi connectivity index (χ4v) is 8.44. The monoisotopic (exact) mass is 662 g/mol. The maximum absolute atomic E-state index is 6.89. The Morgan fingerprint density at radius 1 is 0.250 bits per heavy atom. The van der Waals surface area contributed by atoms with Gasteiger partial charge in [0.1, 0.15) is 22.3 Å². The van der Waals surface area contributed by atoms with Gasteiger partial charge in [0.25, 0.3) is 0 Å². The molecule has 9 aromatic carbocycles. The van der Waals surface area contributed by atoms with Gasteiger partial charge in [-0.25, -0.2) is 0 Å². The van der Waals surface area contributed by atoms with E-state index in [-0.39, 0.29) is 0 Å². The van der Waals surface area contributed by atoms with Crippen molar-refractivity contribution in [3.63, 3.8) is 0 Å². The fourth-order valence-electron chi connectivity index (χ4n) is 8.44. The molecular weight excluding hydrogens is 633 g/mol. The van der Waals surface area contributed by atoms with Gasteiger partial charge in [-0.15, -0.1) is 0 Å². The number of benzene rings is 9. The Kier molecular flexibility index (Phi) is 6.28. The minimum absolute atomic E-state index is 0.857. The quantitative estimate of drug-likeness (QED) is 0.175. The van der Waals surface area contributed by atoms with Crippen molar-refractivity contribution in [3.05, 3.63) is 182 Å². The molecule has 242 valence electrons. The highest BCUT2D eigenvalue weighted by Gasteiger charge is 2.24. The van der Waals surface area contributed by atoms with Crippen molar-refractivity contribution in [2.45, 2.75) is 0 Å². The molecule has 0 aliphatic carbocycles. The van der Waals surface area contributed by atoms with E-state index in [1.54, 1.807) is 0 Å². The third-order valence-corrected chi connectivity index (χ3v) is 10.7. The predicted octanol–water partition coefficient (Wildman–Crippen LogP) is 14.5. The fraction of sp³-hybridized carbons (Fsp3) is 0. The van der Waals surface area contributed by atoms with E-state index in [4.69, 9.17) is 8.83 Å².